The molecule has 0 heterocycles. The Bertz CT molecular complexity index is 966. The second kappa shape index (κ2) is 10.4. The van der Waals surface area contributed by atoms with Crippen molar-refractivity contribution >= 4 is 27.9 Å². The van der Waals surface area contributed by atoms with Gasteiger partial charge in [0, 0.05) is 6.04 Å². The van der Waals surface area contributed by atoms with Gasteiger partial charge < -0.3 is 10.1 Å². The van der Waals surface area contributed by atoms with Crippen LogP contribution in [0.25, 0.3) is 6.08 Å². The lowest BCUT2D eigenvalue weighted by Crippen LogP contribution is -2.41. The first-order valence-corrected chi connectivity index (χ1v) is 10.8. The van der Waals surface area contributed by atoms with Crippen LogP contribution >= 0.6 is 15.9 Å². The number of nitriles is 1. The molecule has 156 valence electrons. The number of carbonyl (C=O) groups is 1. The lowest BCUT2D eigenvalue weighted by molar-refractivity contribution is -0.118. The molecule has 1 N–H and O–H groups in total. The van der Waals surface area contributed by atoms with Crippen LogP contribution in [-0.4, -0.2) is 11.9 Å². The Morgan fingerprint density at radius 2 is 2.00 bits per heavy atom. The molecular formula is C24H24BrFN2O2. The molecule has 30 heavy (non-hydrogen) atoms. The van der Waals surface area contributed by atoms with Crippen molar-refractivity contribution < 1.29 is 13.9 Å². The molecule has 1 saturated carbocycles. The third kappa shape index (κ3) is 5.93. The molecule has 3 rings (SSSR count). The monoisotopic (exact) mass is 470 g/mol. The highest BCUT2D eigenvalue weighted by Gasteiger charge is 2.24. The lowest BCUT2D eigenvalue weighted by atomic mass is 9.86. The van der Waals surface area contributed by atoms with Crippen LogP contribution in [0.4, 0.5) is 4.39 Å². The van der Waals surface area contributed by atoms with Crippen molar-refractivity contribution in [1.82, 2.24) is 5.32 Å². The van der Waals surface area contributed by atoms with Crippen LogP contribution in [-0.2, 0) is 11.4 Å². The molecule has 1 amide bonds. The van der Waals surface area contributed by atoms with Crippen LogP contribution in [0, 0.1) is 23.1 Å². The van der Waals surface area contributed by atoms with Crippen LogP contribution in [0.3, 0.4) is 0 Å². The number of amides is 1. The van der Waals surface area contributed by atoms with E-state index in [1.165, 1.54) is 18.6 Å². The lowest BCUT2D eigenvalue weighted by Gasteiger charge is -2.29. The number of ether oxygens (including phenoxy) is 1. The number of hydrogen-bond acceptors (Lipinski definition) is 3. The minimum Gasteiger partial charge on any atom is -0.488 e. The Labute approximate surface area is 184 Å². The number of hydrogen-bond donors (Lipinski definition) is 1. The van der Waals surface area contributed by atoms with Gasteiger partial charge in [-0.1, -0.05) is 38.0 Å². The zero-order chi connectivity index (χ0) is 21.5. The van der Waals surface area contributed by atoms with Gasteiger partial charge in [0.05, 0.1) is 4.47 Å². The molecular weight excluding hydrogens is 447 g/mol. The smallest absolute Gasteiger partial charge is 0.262 e. The van der Waals surface area contributed by atoms with E-state index in [9.17, 15) is 14.4 Å². The van der Waals surface area contributed by atoms with E-state index in [2.05, 4.69) is 28.2 Å². The van der Waals surface area contributed by atoms with E-state index in [1.807, 2.05) is 6.07 Å². The molecule has 0 unspecified atom stereocenters. The summed E-state index contributed by atoms with van der Waals surface area (Å²) in [5.74, 6) is 0.431. The van der Waals surface area contributed by atoms with Crippen molar-refractivity contribution in [2.45, 2.75) is 45.3 Å². The maximum atomic E-state index is 13.0. The molecule has 0 radical (unpaired) electrons. The van der Waals surface area contributed by atoms with Gasteiger partial charge in [-0.15, -0.1) is 0 Å². The highest BCUT2D eigenvalue weighted by atomic mass is 79.9. The van der Waals surface area contributed by atoms with Gasteiger partial charge in [0.1, 0.15) is 29.8 Å². The van der Waals surface area contributed by atoms with Crippen molar-refractivity contribution in [1.29, 1.82) is 5.26 Å². The maximum Gasteiger partial charge on any atom is 0.262 e. The topological polar surface area (TPSA) is 62.1 Å². The molecule has 2 aromatic rings. The van der Waals surface area contributed by atoms with Gasteiger partial charge >= 0.3 is 0 Å². The number of nitrogens with zero attached hydrogens (tertiary/aromatic N) is 1. The van der Waals surface area contributed by atoms with Crippen LogP contribution in [0.1, 0.15) is 43.7 Å². The van der Waals surface area contributed by atoms with E-state index in [0.717, 1.165) is 30.4 Å². The molecule has 1 fully saturated rings. The number of rotatable bonds is 6. The van der Waals surface area contributed by atoms with Crippen molar-refractivity contribution in [3.05, 3.63) is 69.5 Å². The van der Waals surface area contributed by atoms with Gasteiger partial charge in [0.2, 0.25) is 0 Å². The van der Waals surface area contributed by atoms with Crippen LogP contribution in [0.5, 0.6) is 5.75 Å². The minimum atomic E-state index is -0.330. The summed E-state index contributed by atoms with van der Waals surface area (Å²) in [6.07, 6.45) is 5.93. The summed E-state index contributed by atoms with van der Waals surface area (Å²) in [7, 11) is 0. The van der Waals surface area contributed by atoms with E-state index >= 15 is 0 Å². The highest BCUT2D eigenvalue weighted by Crippen LogP contribution is 2.28. The van der Waals surface area contributed by atoms with Crippen LogP contribution < -0.4 is 10.1 Å². The van der Waals surface area contributed by atoms with Crippen molar-refractivity contribution in [2.24, 2.45) is 5.92 Å². The summed E-state index contributed by atoms with van der Waals surface area (Å²) in [5, 5.41) is 12.5. The second-order valence-corrected chi connectivity index (χ2v) is 8.47. The highest BCUT2D eigenvalue weighted by molar-refractivity contribution is 9.10. The Balaban J connectivity index is 1.66. The fourth-order valence-electron chi connectivity index (χ4n) is 3.56. The Kier molecular flexibility index (Phi) is 7.64. The first-order chi connectivity index (χ1) is 14.5. The SMILES string of the molecule is C[C@H]1CCCC[C@@H]1NC(=O)/C(C#N)=C/c1ccc(OCc2ccc(F)cc2)c(Br)c1. The van der Waals surface area contributed by atoms with Gasteiger partial charge in [0.25, 0.3) is 5.91 Å². The molecule has 0 bridgehead atoms. The zero-order valence-corrected chi connectivity index (χ0v) is 18.4. The van der Waals surface area contributed by atoms with Gasteiger partial charge in [-0.05, 0) is 76.2 Å². The minimum absolute atomic E-state index is 0.0830. The molecule has 1 aliphatic rings. The molecule has 2 atom stereocenters. The van der Waals surface area contributed by atoms with Gasteiger partial charge in [-0.25, -0.2) is 4.39 Å². The summed E-state index contributed by atoms with van der Waals surface area (Å²) in [5.41, 5.74) is 1.66. The summed E-state index contributed by atoms with van der Waals surface area (Å²) in [6.45, 7) is 2.45. The molecule has 0 spiro atoms. The molecule has 1 aliphatic carbocycles. The average Bonchev–Trinajstić information content (AvgIpc) is 2.74. The van der Waals surface area contributed by atoms with Gasteiger partial charge in [0.15, 0.2) is 0 Å². The molecule has 4 nitrogen and oxygen atoms in total. The summed E-state index contributed by atoms with van der Waals surface area (Å²) < 4.78 is 19.5. The molecule has 0 aromatic heterocycles. The van der Waals surface area contributed by atoms with E-state index < -0.39 is 0 Å². The van der Waals surface area contributed by atoms with E-state index in [0.29, 0.717) is 22.7 Å². The fourth-order valence-corrected chi connectivity index (χ4v) is 4.07. The van der Waals surface area contributed by atoms with Crippen molar-refractivity contribution in [3.8, 4) is 11.8 Å². The first-order valence-electron chi connectivity index (χ1n) is 10.1. The maximum absolute atomic E-state index is 13.0. The third-order valence-corrected chi connectivity index (χ3v) is 5.99. The predicted octanol–water partition coefficient (Wildman–Crippen LogP) is 5.77. The Morgan fingerprint density at radius 1 is 1.27 bits per heavy atom. The fraction of sp³-hybridized carbons (Fsp3) is 0.333. The Morgan fingerprint density at radius 3 is 2.67 bits per heavy atom. The molecule has 0 saturated heterocycles. The standard InChI is InChI=1S/C24H24BrFN2O2/c1-16-4-2-3-5-22(16)28-24(29)19(14-27)12-18-8-11-23(21(25)13-18)30-15-17-6-9-20(26)10-7-17/h6-13,16,22H,2-5,15H2,1H3,(H,28,29)/b19-12+/t16-,22-/m0/s1. The number of benzene rings is 2. The van der Waals surface area contributed by atoms with Gasteiger partial charge in [-0.3, -0.25) is 4.79 Å². The Hall–Kier alpha value is -2.65. The third-order valence-electron chi connectivity index (χ3n) is 5.37. The van der Waals surface area contributed by atoms with E-state index in [-0.39, 0.29) is 23.3 Å². The zero-order valence-electron chi connectivity index (χ0n) is 16.8. The first kappa shape index (κ1) is 22.0. The molecule has 2 aromatic carbocycles. The van der Waals surface area contributed by atoms with Crippen molar-refractivity contribution in [2.75, 3.05) is 0 Å². The summed E-state index contributed by atoms with van der Waals surface area (Å²) >= 11 is 3.47. The number of carbonyl (C=O) groups excluding carboxylic acids is 1. The van der Waals surface area contributed by atoms with Crippen molar-refractivity contribution in [3.63, 3.8) is 0 Å². The average molecular weight is 471 g/mol. The van der Waals surface area contributed by atoms with E-state index in [1.54, 1.807) is 36.4 Å². The van der Waals surface area contributed by atoms with E-state index in [4.69, 9.17) is 4.74 Å². The van der Waals surface area contributed by atoms with Crippen LogP contribution in [0.2, 0.25) is 0 Å². The van der Waals surface area contributed by atoms with Gasteiger partial charge in [-0.2, -0.15) is 5.26 Å². The molecule has 0 aliphatic heterocycles. The van der Waals surface area contributed by atoms with Crippen LogP contribution in [0.15, 0.2) is 52.5 Å². The largest absolute Gasteiger partial charge is 0.488 e. The number of halogens is 2. The second-order valence-electron chi connectivity index (χ2n) is 7.62. The quantitative estimate of drug-likeness (QED) is 0.430. The summed E-state index contributed by atoms with van der Waals surface area (Å²) in [4.78, 5) is 12.6. The summed E-state index contributed by atoms with van der Waals surface area (Å²) in [6, 6.07) is 13.6. The normalized spacial score (nSPS) is 19.1. The number of nitrogens with one attached hydrogen (secondary N) is 1. The molecule has 6 heteroatoms. The predicted molar refractivity (Wildman–Crippen MR) is 118 cm³/mol.